The Morgan fingerprint density at radius 3 is 0.985 bits per heavy atom. The normalized spacial score (nSPS) is 23.1. The Labute approximate surface area is 388 Å². The third-order valence-corrected chi connectivity index (χ3v) is 14.3. The molecule has 13 rings (SSSR count). The molecule has 12 nitrogen and oxygen atoms in total. The average molecular weight is 905 g/mol. The van der Waals surface area contributed by atoms with Gasteiger partial charge in [-0.25, -0.2) is 0 Å². The minimum absolute atomic E-state index is 0.0394. The van der Waals surface area contributed by atoms with Crippen LogP contribution in [0.2, 0.25) is 0 Å². The minimum Gasteiger partial charge on any atom is -0.508 e. The average Bonchev–Trinajstić information content (AvgIpc) is 4.10. The second-order valence-corrected chi connectivity index (χ2v) is 18.2. The summed E-state index contributed by atoms with van der Waals surface area (Å²) in [7, 11) is 0. The molecule has 4 aliphatic heterocycles. The molecule has 1 aliphatic carbocycles. The monoisotopic (exact) mass is 904 g/mol. The van der Waals surface area contributed by atoms with Crippen molar-refractivity contribution in [2.24, 2.45) is 0 Å². The molecule has 8 N–H and O–H groups in total. The highest BCUT2D eigenvalue weighted by molar-refractivity contribution is 5.73. The summed E-state index contributed by atoms with van der Waals surface area (Å²) in [4.78, 5) is 0. The maximum atomic E-state index is 11.8. The lowest BCUT2D eigenvalue weighted by molar-refractivity contribution is 0.213. The molecule has 0 spiro atoms. The third kappa shape index (κ3) is 5.93. The van der Waals surface area contributed by atoms with Crippen molar-refractivity contribution in [3.05, 3.63) is 212 Å². The topological polar surface area (TPSA) is 199 Å². The highest BCUT2D eigenvalue weighted by Crippen LogP contribution is 2.69. The van der Waals surface area contributed by atoms with Gasteiger partial charge in [0.15, 0.2) is 0 Å². The molecule has 68 heavy (non-hydrogen) atoms. The molecule has 0 saturated carbocycles. The lowest BCUT2D eigenvalue weighted by Crippen LogP contribution is -2.16. The van der Waals surface area contributed by atoms with Gasteiger partial charge in [-0.1, -0.05) is 48.5 Å². The molecule has 0 fully saturated rings. The molecular formula is C56H40O12. The first-order valence-corrected chi connectivity index (χ1v) is 22.2. The van der Waals surface area contributed by atoms with E-state index >= 15 is 0 Å². The number of phenols is 8. The van der Waals surface area contributed by atoms with Gasteiger partial charge >= 0.3 is 0 Å². The Balaban J connectivity index is 1.17. The molecule has 0 bridgehead atoms. The van der Waals surface area contributed by atoms with Crippen LogP contribution in [0.1, 0.15) is 115 Å². The Morgan fingerprint density at radius 2 is 0.574 bits per heavy atom. The summed E-state index contributed by atoms with van der Waals surface area (Å²) in [6.07, 6.45) is -3.01. The van der Waals surface area contributed by atoms with E-state index in [9.17, 15) is 40.9 Å². The predicted molar refractivity (Wildman–Crippen MR) is 246 cm³/mol. The summed E-state index contributed by atoms with van der Waals surface area (Å²) < 4.78 is 28.6. The van der Waals surface area contributed by atoms with Crippen molar-refractivity contribution in [2.45, 2.75) is 48.1 Å². The molecule has 12 heteroatoms. The van der Waals surface area contributed by atoms with E-state index in [1.54, 1.807) is 121 Å². The zero-order valence-corrected chi connectivity index (χ0v) is 35.7. The van der Waals surface area contributed by atoms with Gasteiger partial charge < -0.3 is 59.8 Å². The van der Waals surface area contributed by atoms with Gasteiger partial charge in [0.1, 0.15) is 93.4 Å². The second-order valence-electron chi connectivity index (χ2n) is 18.2. The molecule has 4 heterocycles. The van der Waals surface area contributed by atoms with Gasteiger partial charge in [-0.2, -0.15) is 0 Å². The fourth-order valence-electron chi connectivity index (χ4n) is 11.6. The van der Waals surface area contributed by atoms with Crippen LogP contribution in [0.4, 0.5) is 0 Å². The lowest BCUT2D eigenvalue weighted by Gasteiger charge is -2.26. The molecule has 8 aromatic carbocycles. The first-order valence-electron chi connectivity index (χ1n) is 22.2. The predicted octanol–water partition coefficient (Wildman–Crippen LogP) is 10.7. The highest BCUT2D eigenvalue weighted by atomic mass is 16.5. The minimum atomic E-state index is -0.801. The Bertz CT molecular complexity index is 3350. The van der Waals surface area contributed by atoms with Crippen molar-refractivity contribution < 1.29 is 59.8 Å². The van der Waals surface area contributed by atoms with Gasteiger partial charge in [-0.05, 0) is 123 Å². The van der Waals surface area contributed by atoms with Crippen molar-refractivity contribution in [3.63, 3.8) is 0 Å². The molecule has 0 radical (unpaired) electrons. The molecule has 0 amide bonds. The molecule has 0 saturated heterocycles. The molecule has 5 aliphatic rings. The maximum absolute atomic E-state index is 11.8. The Morgan fingerprint density at radius 1 is 0.250 bits per heavy atom. The summed E-state index contributed by atoms with van der Waals surface area (Å²) in [6.45, 7) is 0. The van der Waals surface area contributed by atoms with Crippen LogP contribution in [0.3, 0.4) is 0 Å². The fourth-order valence-corrected chi connectivity index (χ4v) is 11.6. The number of benzene rings is 8. The quantitative estimate of drug-likeness (QED) is 0.0814. The fraction of sp³-hybridized carbons (Fsp3) is 0.143. The smallest absolute Gasteiger partial charge is 0.135 e. The van der Waals surface area contributed by atoms with E-state index in [2.05, 4.69) is 0 Å². The summed E-state index contributed by atoms with van der Waals surface area (Å²) >= 11 is 0. The molecule has 336 valence electrons. The van der Waals surface area contributed by atoms with Crippen LogP contribution in [0, 0.1) is 0 Å². The van der Waals surface area contributed by atoms with Crippen molar-refractivity contribution in [1.82, 2.24) is 0 Å². The van der Waals surface area contributed by atoms with Crippen LogP contribution < -0.4 is 18.9 Å². The first kappa shape index (κ1) is 39.7. The number of fused-ring (bicyclic) bond motifs is 5. The third-order valence-electron chi connectivity index (χ3n) is 14.3. The maximum Gasteiger partial charge on any atom is 0.135 e. The SMILES string of the molecule is Oc1ccc([C@H]2Oc3cc4c5c(c3[C@@H]2c2cc(O)cc(O)c2)O[C@@H](c2ccc(O)cc2)[C@@H]5c2cc(O)cc3c2[C@H](c2cc(O)cc5c2[C@@H]4[C@H](c2ccc(O)cc2)O5)[C@@H](c2ccc(O)cc2)O3)cc1. The van der Waals surface area contributed by atoms with E-state index in [1.165, 1.54) is 6.07 Å². The van der Waals surface area contributed by atoms with E-state index < -0.39 is 48.1 Å². The van der Waals surface area contributed by atoms with Crippen molar-refractivity contribution >= 4 is 0 Å². The number of hydrogen-bond acceptors (Lipinski definition) is 12. The van der Waals surface area contributed by atoms with Crippen LogP contribution in [-0.2, 0) is 0 Å². The highest BCUT2D eigenvalue weighted by Gasteiger charge is 2.55. The Kier molecular flexibility index (Phi) is 8.42. The molecule has 8 aromatic rings. The summed E-state index contributed by atoms with van der Waals surface area (Å²) in [6, 6.07) is 40.2. The number of phenolic OH excluding ortho intramolecular Hbond substituents is 8. The van der Waals surface area contributed by atoms with E-state index in [1.807, 2.05) is 18.2 Å². The summed E-state index contributed by atoms with van der Waals surface area (Å²) in [5, 5.41) is 87.5. The van der Waals surface area contributed by atoms with Crippen LogP contribution >= 0.6 is 0 Å². The standard InChI is InChI=1S/C56H40O12/c57-30-9-1-25(2-10-30)52-44(29-17-34(61)19-35(62)18-29)51-43(67-52)24-40-48-45-38(20-36(63)22-41(45)66-54(48)27-5-13-32(59)14-6-27)47-46-39(49-50(40)56(51)68-55(49)28-7-15-33(60)16-8-28)21-37(64)23-42(46)65-53(47)26-3-11-31(58)12-4-26/h1-24,44,47-49,52-55,57-64H/t44-,47-,48+,49+,52+,53+,54-,55-/m0/s1. The van der Waals surface area contributed by atoms with Crippen molar-refractivity contribution in [1.29, 1.82) is 0 Å². The zero-order chi connectivity index (χ0) is 46.3. The van der Waals surface area contributed by atoms with Gasteiger partial charge in [0.25, 0.3) is 0 Å². The van der Waals surface area contributed by atoms with E-state index in [0.29, 0.717) is 56.4 Å². The van der Waals surface area contributed by atoms with Gasteiger partial charge in [-0.15, -0.1) is 0 Å². The van der Waals surface area contributed by atoms with Gasteiger partial charge in [0.2, 0.25) is 0 Å². The lowest BCUT2D eigenvalue weighted by atomic mass is 9.74. The summed E-state index contributed by atoms with van der Waals surface area (Å²) in [5.74, 6) is -1.04. The van der Waals surface area contributed by atoms with Gasteiger partial charge in [0, 0.05) is 40.5 Å². The number of aromatic hydroxyl groups is 8. The van der Waals surface area contributed by atoms with E-state index in [0.717, 1.165) is 33.4 Å². The van der Waals surface area contributed by atoms with Gasteiger partial charge in [-0.3, -0.25) is 0 Å². The van der Waals surface area contributed by atoms with Crippen LogP contribution in [0.15, 0.2) is 146 Å². The van der Waals surface area contributed by atoms with E-state index in [-0.39, 0.29) is 46.0 Å². The van der Waals surface area contributed by atoms with Crippen LogP contribution in [-0.4, -0.2) is 40.9 Å². The van der Waals surface area contributed by atoms with E-state index in [4.69, 9.17) is 18.9 Å². The van der Waals surface area contributed by atoms with Crippen molar-refractivity contribution in [2.75, 3.05) is 0 Å². The number of rotatable bonds is 5. The molecular weight excluding hydrogens is 865 g/mol. The first-order chi connectivity index (χ1) is 32.9. The zero-order valence-electron chi connectivity index (χ0n) is 35.7. The molecule has 8 atom stereocenters. The number of hydrogen-bond donors (Lipinski definition) is 8. The largest absolute Gasteiger partial charge is 0.508 e. The van der Waals surface area contributed by atoms with Crippen LogP contribution in [0.25, 0.3) is 0 Å². The van der Waals surface area contributed by atoms with Crippen molar-refractivity contribution in [3.8, 4) is 69.0 Å². The molecule has 0 unspecified atom stereocenters. The number of ether oxygens (including phenoxy) is 4. The van der Waals surface area contributed by atoms with Gasteiger partial charge in [0.05, 0.1) is 23.7 Å². The molecule has 0 aromatic heterocycles. The van der Waals surface area contributed by atoms with Crippen LogP contribution in [0.5, 0.6) is 69.0 Å². The second kappa shape index (κ2) is 14.4. The Hall–Kier alpha value is -8.64. The summed E-state index contributed by atoms with van der Waals surface area (Å²) in [5.41, 5.74) is 8.46.